The van der Waals surface area contributed by atoms with Crippen molar-refractivity contribution in [2.75, 3.05) is 19.8 Å². The van der Waals surface area contributed by atoms with Gasteiger partial charge in [-0.15, -0.1) is 0 Å². The summed E-state index contributed by atoms with van der Waals surface area (Å²) in [5, 5.41) is 2.55. The van der Waals surface area contributed by atoms with Gasteiger partial charge in [0.1, 0.15) is 5.76 Å². The van der Waals surface area contributed by atoms with E-state index in [4.69, 9.17) is 4.42 Å². The van der Waals surface area contributed by atoms with Gasteiger partial charge in [0.2, 0.25) is 15.9 Å². The molecule has 0 saturated carbocycles. The Labute approximate surface area is 94.3 Å². The van der Waals surface area contributed by atoms with Crippen LogP contribution in [0.5, 0.6) is 0 Å². The van der Waals surface area contributed by atoms with Crippen molar-refractivity contribution in [3.8, 4) is 0 Å². The second-order valence-electron chi connectivity index (χ2n) is 3.38. The fourth-order valence-electron chi connectivity index (χ4n) is 0.974. The first kappa shape index (κ1) is 12.7. The number of carbonyl (C=O) groups excluding carboxylic acids is 1. The lowest BCUT2D eigenvalue weighted by Gasteiger charge is -2.13. The van der Waals surface area contributed by atoms with E-state index in [-0.39, 0.29) is 19.0 Å². The van der Waals surface area contributed by atoms with Crippen molar-refractivity contribution < 1.29 is 17.6 Å². The van der Waals surface area contributed by atoms with Crippen molar-refractivity contribution in [2.24, 2.45) is 0 Å². The Hall–Kier alpha value is -1.34. The largest absolute Gasteiger partial charge is 0.467 e. The Morgan fingerprint density at radius 2 is 2.25 bits per heavy atom. The molecule has 1 aromatic rings. The molecule has 90 valence electrons. The fourth-order valence-corrected chi connectivity index (χ4v) is 1.33. The number of nitrogens with one attached hydrogen (secondary N) is 1. The van der Waals surface area contributed by atoms with E-state index >= 15 is 0 Å². The van der Waals surface area contributed by atoms with Crippen molar-refractivity contribution in [3.63, 3.8) is 0 Å². The minimum absolute atomic E-state index is 0.195. The Morgan fingerprint density at radius 3 is 2.75 bits per heavy atom. The minimum Gasteiger partial charge on any atom is -0.467 e. The summed E-state index contributed by atoms with van der Waals surface area (Å²) in [6.45, 7) is 0.0585. The van der Waals surface area contributed by atoms with Crippen LogP contribution in [0.25, 0.3) is 0 Å². The number of amides is 1. The molecule has 1 rings (SSSR count). The molecule has 0 fully saturated rings. The first-order valence-corrected chi connectivity index (χ1v) is 6.45. The van der Waals surface area contributed by atoms with Crippen molar-refractivity contribution in [3.05, 3.63) is 24.2 Å². The molecule has 0 aliphatic heterocycles. The standard InChI is InChI=1S/C9H14N2O4S/c1-11(16(2,13)14)7-9(12)10-6-8-4-3-5-15-8/h3-5H,6-7H2,1-2H3,(H,10,12). The summed E-state index contributed by atoms with van der Waals surface area (Å²) in [4.78, 5) is 11.3. The number of hydrogen-bond donors (Lipinski definition) is 1. The summed E-state index contributed by atoms with van der Waals surface area (Å²) in [5.74, 6) is 0.250. The Kier molecular flexibility index (Phi) is 4.08. The van der Waals surface area contributed by atoms with Gasteiger partial charge >= 0.3 is 0 Å². The highest BCUT2D eigenvalue weighted by atomic mass is 32.2. The number of carbonyl (C=O) groups is 1. The molecule has 7 heteroatoms. The molecule has 0 saturated heterocycles. The first-order chi connectivity index (χ1) is 7.39. The van der Waals surface area contributed by atoms with Crippen LogP contribution in [-0.4, -0.2) is 38.5 Å². The van der Waals surface area contributed by atoms with E-state index in [1.165, 1.54) is 13.3 Å². The molecule has 0 radical (unpaired) electrons. The predicted octanol–water partition coefficient (Wildman–Crippen LogP) is -0.213. The Bertz CT molecular complexity index is 438. The third kappa shape index (κ3) is 4.03. The summed E-state index contributed by atoms with van der Waals surface area (Å²) in [6, 6.07) is 3.44. The van der Waals surface area contributed by atoms with E-state index in [2.05, 4.69) is 5.32 Å². The molecule has 0 aliphatic carbocycles. The van der Waals surface area contributed by atoms with E-state index in [9.17, 15) is 13.2 Å². The summed E-state index contributed by atoms with van der Waals surface area (Å²) >= 11 is 0. The summed E-state index contributed by atoms with van der Waals surface area (Å²) in [7, 11) is -1.97. The van der Waals surface area contributed by atoms with Gasteiger partial charge in [0.15, 0.2) is 0 Å². The zero-order chi connectivity index (χ0) is 12.2. The number of hydrogen-bond acceptors (Lipinski definition) is 4. The quantitative estimate of drug-likeness (QED) is 0.779. The molecule has 0 spiro atoms. The maximum absolute atomic E-state index is 11.3. The molecular weight excluding hydrogens is 232 g/mol. The van der Waals surface area contributed by atoms with Crippen molar-refractivity contribution in [1.29, 1.82) is 0 Å². The number of furan rings is 1. The highest BCUT2D eigenvalue weighted by Crippen LogP contribution is 1.98. The number of sulfonamides is 1. The van der Waals surface area contributed by atoms with Crippen LogP contribution in [0.3, 0.4) is 0 Å². The van der Waals surface area contributed by atoms with Crippen molar-refractivity contribution >= 4 is 15.9 Å². The molecule has 0 unspecified atom stereocenters. The molecule has 16 heavy (non-hydrogen) atoms. The molecular formula is C9H14N2O4S. The fraction of sp³-hybridized carbons (Fsp3) is 0.444. The highest BCUT2D eigenvalue weighted by molar-refractivity contribution is 7.88. The third-order valence-corrected chi connectivity index (χ3v) is 3.23. The zero-order valence-corrected chi connectivity index (χ0v) is 9.95. The summed E-state index contributed by atoms with van der Waals surface area (Å²) < 4.78 is 28.0. The highest BCUT2D eigenvalue weighted by Gasteiger charge is 2.14. The lowest BCUT2D eigenvalue weighted by Crippen LogP contribution is -2.37. The van der Waals surface area contributed by atoms with Crippen LogP contribution in [0, 0.1) is 0 Å². The Morgan fingerprint density at radius 1 is 1.56 bits per heavy atom. The van der Waals surface area contributed by atoms with Crippen LogP contribution in [0.4, 0.5) is 0 Å². The normalized spacial score (nSPS) is 11.7. The second kappa shape index (κ2) is 5.13. The molecule has 1 aromatic heterocycles. The van der Waals surface area contributed by atoms with Crippen LogP contribution in [0.15, 0.2) is 22.8 Å². The summed E-state index contributed by atoms with van der Waals surface area (Å²) in [5.41, 5.74) is 0. The van der Waals surface area contributed by atoms with Crippen LogP contribution in [-0.2, 0) is 21.4 Å². The zero-order valence-electron chi connectivity index (χ0n) is 9.13. The number of likely N-dealkylation sites (N-methyl/N-ethyl adjacent to an activating group) is 1. The van der Waals surface area contributed by atoms with Crippen molar-refractivity contribution in [1.82, 2.24) is 9.62 Å². The number of nitrogens with zero attached hydrogens (tertiary/aromatic N) is 1. The molecule has 0 aliphatic rings. The van der Waals surface area contributed by atoms with Crippen molar-refractivity contribution in [2.45, 2.75) is 6.54 Å². The van der Waals surface area contributed by atoms with Crippen LogP contribution < -0.4 is 5.32 Å². The van der Waals surface area contributed by atoms with E-state index in [0.29, 0.717) is 5.76 Å². The second-order valence-corrected chi connectivity index (χ2v) is 5.46. The van der Waals surface area contributed by atoms with E-state index in [1.807, 2.05) is 0 Å². The van der Waals surface area contributed by atoms with Gasteiger partial charge in [0.05, 0.1) is 25.6 Å². The number of rotatable bonds is 5. The molecule has 6 nitrogen and oxygen atoms in total. The summed E-state index contributed by atoms with van der Waals surface area (Å²) in [6.07, 6.45) is 2.55. The maximum atomic E-state index is 11.3. The van der Waals surface area contributed by atoms with Gasteiger partial charge < -0.3 is 9.73 Å². The van der Waals surface area contributed by atoms with Gasteiger partial charge in [-0.1, -0.05) is 0 Å². The topological polar surface area (TPSA) is 79.6 Å². The Balaban J connectivity index is 2.37. The lowest BCUT2D eigenvalue weighted by atomic mass is 10.4. The minimum atomic E-state index is -3.32. The maximum Gasteiger partial charge on any atom is 0.235 e. The van der Waals surface area contributed by atoms with Gasteiger partial charge in [0.25, 0.3) is 0 Å². The molecule has 1 amide bonds. The first-order valence-electron chi connectivity index (χ1n) is 4.60. The van der Waals surface area contributed by atoms with Gasteiger partial charge in [-0.25, -0.2) is 8.42 Å². The lowest BCUT2D eigenvalue weighted by molar-refractivity contribution is -0.121. The van der Waals surface area contributed by atoms with E-state index < -0.39 is 10.0 Å². The molecule has 1 heterocycles. The van der Waals surface area contributed by atoms with Gasteiger partial charge in [-0.2, -0.15) is 4.31 Å². The smallest absolute Gasteiger partial charge is 0.235 e. The molecule has 0 bridgehead atoms. The van der Waals surface area contributed by atoms with Gasteiger partial charge in [0, 0.05) is 7.05 Å². The van der Waals surface area contributed by atoms with Crippen LogP contribution in [0.2, 0.25) is 0 Å². The SMILES string of the molecule is CN(CC(=O)NCc1ccco1)S(C)(=O)=O. The van der Waals surface area contributed by atoms with Crippen LogP contribution in [0.1, 0.15) is 5.76 Å². The molecule has 0 atom stereocenters. The van der Waals surface area contributed by atoms with Gasteiger partial charge in [-0.05, 0) is 12.1 Å². The predicted molar refractivity (Wildman–Crippen MR) is 58.0 cm³/mol. The average molecular weight is 246 g/mol. The van der Waals surface area contributed by atoms with E-state index in [0.717, 1.165) is 10.6 Å². The monoisotopic (exact) mass is 246 g/mol. The molecule has 1 N–H and O–H groups in total. The molecule has 0 aromatic carbocycles. The van der Waals surface area contributed by atoms with E-state index in [1.54, 1.807) is 12.1 Å². The third-order valence-electron chi connectivity index (χ3n) is 1.97. The van der Waals surface area contributed by atoms with Crippen LogP contribution >= 0.6 is 0 Å². The average Bonchev–Trinajstić information content (AvgIpc) is 2.65. The van der Waals surface area contributed by atoms with Gasteiger partial charge in [-0.3, -0.25) is 4.79 Å².